The molecule has 2 heterocycles. The molecule has 0 radical (unpaired) electrons. The van der Waals surface area contributed by atoms with E-state index in [9.17, 15) is 9.59 Å². The molecule has 0 saturated carbocycles. The quantitative estimate of drug-likeness (QED) is 0.395. The van der Waals surface area contributed by atoms with Gasteiger partial charge in [0.05, 0.1) is 12.2 Å². The lowest BCUT2D eigenvalue weighted by Gasteiger charge is -2.28. The van der Waals surface area contributed by atoms with E-state index in [1.807, 2.05) is 20.8 Å². The highest BCUT2D eigenvalue weighted by atomic mass is 28.3. The highest BCUT2D eigenvalue weighted by Crippen LogP contribution is 2.33. The average molecular weight is 396 g/mol. The second-order valence-corrected chi connectivity index (χ2v) is 14.9. The first-order valence-corrected chi connectivity index (χ1v) is 13.3. The number of hydrogen-bond donors (Lipinski definition) is 0. The van der Waals surface area contributed by atoms with Crippen molar-refractivity contribution in [3.63, 3.8) is 0 Å². The molecule has 1 aromatic rings. The summed E-state index contributed by atoms with van der Waals surface area (Å²) in [4.78, 5) is 30.2. The fourth-order valence-electron chi connectivity index (χ4n) is 3.01. The Labute approximate surface area is 163 Å². The van der Waals surface area contributed by atoms with Gasteiger partial charge in [-0.25, -0.2) is 9.78 Å². The molecule has 1 aromatic heterocycles. The summed E-state index contributed by atoms with van der Waals surface area (Å²) in [6, 6.07) is 0.857. The standard InChI is InChI=1S/C19H33N3O4Si/c1-19(2,3)26-18(24)21-9-7-8-16(21)17-20-12-15(13-23)22(17)14-25-10-11-27(4,5)6/h12-13,16H,7-11,14H2,1-6H3. The Morgan fingerprint density at radius 1 is 1.37 bits per heavy atom. The molecule has 1 atom stereocenters. The third-order valence-corrected chi connectivity index (χ3v) is 6.14. The predicted molar refractivity (Wildman–Crippen MR) is 107 cm³/mol. The van der Waals surface area contributed by atoms with Crippen molar-refractivity contribution in [1.29, 1.82) is 0 Å². The molecule has 0 spiro atoms. The lowest BCUT2D eigenvalue weighted by molar-refractivity contribution is 0.0203. The zero-order valence-electron chi connectivity index (χ0n) is 17.4. The zero-order chi connectivity index (χ0) is 20.2. The van der Waals surface area contributed by atoms with E-state index in [0.717, 1.165) is 25.2 Å². The van der Waals surface area contributed by atoms with Gasteiger partial charge in [-0.3, -0.25) is 14.3 Å². The number of imidazole rings is 1. The van der Waals surface area contributed by atoms with Crippen LogP contribution in [0.1, 0.15) is 56.0 Å². The van der Waals surface area contributed by atoms with E-state index < -0.39 is 13.7 Å². The Hall–Kier alpha value is -1.67. The number of nitrogens with zero attached hydrogens (tertiary/aromatic N) is 3. The summed E-state index contributed by atoms with van der Waals surface area (Å²) in [6.45, 7) is 14.0. The number of ether oxygens (including phenoxy) is 2. The molecule has 152 valence electrons. The predicted octanol–water partition coefficient (Wildman–Crippen LogP) is 4.08. The van der Waals surface area contributed by atoms with Crippen molar-refractivity contribution >= 4 is 20.5 Å². The second kappa shape index (κ2) is 8.56. The van der Waals surface area contributed by atoms with E-state index in [1.54, 1.807) is 15.7 Å². The van der Waals surface area contributed by atoms with Crippen LogP contribution in [0.4, 0.5) is 4.79 Å². The van der Waals surface area contributed by atoms with Gasteiger partial charge in [0, 0.05) is 21.2 Å². The molecule has 0 bridgehead atoms. The largest absolute Gasteiger partial charge is 0.444 e. The summed E-state index contributed by atoms with van der Waals surface area (Å²) in [5.74, 6) is 0.688. The molecular formula is C19H33N3O4Si. The summed E-state index contributed by atoms with van der Waals surface area (Å²) in [7, 11) is -1.18. The Balaban J connectivity index is 2.13. The number of aromatic nitrogens is 2. The SMILES string of the molecule is CC(C)(C)OC(=O)N1CCCC1c1ncc(C=O)n1COCC[Si](C)(C)C. The molecule has 1 aliphatic heterocycles. The van der Waals surface area contributed by atoms with E-state index in [4.69, 9.17) is 9.47 Å². The number of hydrogen-bond acceptors (Lipinski definition) is 5. The van der Waals surface area contributed by atoms with Gasteiger partial charge in [-0.1, -0.05) is 19.6 Å². The molecule has 1 aliphatic rings. The number of aldehydes is 1. The van der Waals surface area contributed by atoms with Crippen LogP contribution in [0.2, 0.25) is 25.7 Å². The minimum absolute atomic E-state index is 0.200. The number of rotatable bonds is 7. The topological polar surface area (TPSA) is 73.7 Å². The smallest absolute Gasteiger partial charge is 0.410 e. The van der Waals surface area contributed by atoms with Crippen LogP contribution >= 0.6 is 0 Å². The Bertz CT molecular complexity index is 661. The normalized spacial score (nSPS) is 18.0. The maximum atomic E-state index is 12.6. The van der Waals surface area contributed by atoms with Gasteiger partial charge in [0.1, 0.15) is 23.9 Å². The maximum absolute atomic E-state index is 12.6. The van der Waals surface area contributed by atoms with Crippen molar-refractivity contribution < 1.29 is 19.1 Å². The Morgan fingerprint density at radius 3 is 2.67 bits per heavy atom. The van der Waals surface area contributed by atoms with Gasteiger partial charge in [-0.2, -0.15) is 0 Å². The van der Waals surface area contributed by atoms with Gasteiger partial charge in [-0.15, -0.1) is 0 Å². The fraction of sp³-hybridized carbons (Fsp3) is 0.737. The van der Waals surface area contributed by atoms with Gasteiger partial charge in [0.15, 0.2) is 6.29 Å². The lowest BCUT2D eigenvalue weighted by Crippen LogP contribution is -2.37. The van der Waals surface area contributed by atoms with Crippen molar-refractivity contribution in [2.75, 3.05) is 13.2 Å². The summed E-state index contributed by atoms with van der Waals surface area (Å²) < 4.78 is 13.2. The van der Waals surface area contributed by atoms with Crippen molar-refractivity contribution in [3.8, 4) is 0 Å². The second-order valence-electron chi connectivity index (χ2n) is 9.27. The van der Waals surface area contributed by atoms with E-state index in [-0.39, 0.29) is 18.9 Å². The zero-order valence-corrected chi connectivity index (χ0v) is 18.4. The summed E-state index contributed by atoms with van der Waals surface area (Å²) in [5.41, 5.74) is -0.0814. The number of carbonyl (C=O) groups excluding carboxylic acids is 2. The maximum Gasteiger partial charge on any atom is 0.410 e. The fourth-order valence-corrected chi connectivity index (χ4v) is 3.77. The minimum Gasteiger partial charge on any atom is -0.444 e. The first-order chi connectivity index (χ1) is 12.5. The number of likely N-dealkylation sites (tertiary alicyclic amines) is 1. The molecule has 1 saturated heterocycles. The van der Waals surface area contributed by atoms with Crippen LogP contribution < -0.4 is 0 Å². The number of amides is 1. The molecule has 0 aromatic carbocycles. The highest BCUT2D eigenvalue weighted by molar-refractivity contribution is 6.76. The van der Waals surface area contributed by atoms with Crippen LogP contribution in [0.15, 0.2) is 6.20 Å². The molecular weight excluding hydrogens is 362 g/mol. The van der Waals surface area contributed by atoms with Gasteiger partial charge in [0.2, 0.25) is 0 Å². The van der Waals surface area contributed by atoms with E-state index in [2.05, 4.69) is 24.6 Å². The van der Waals surface area contributed by atoms with E-state index >= 15 is 0 Å². The van der Waals surface area contributed by atoms with Crippen LogP contribution in [0.25, 0.3) is 0 Å². The molecule has 1 fully saturated rings. The Kier molecular flexibility index (Phi) is 6.86. The van der Waals surface area contributed by atoms with E-state index in [1.165, 1.54) is 0 Å². The molecule has 1 amide bonds. The van der Waals surface area contributed by atoms with Crippen LogP contribution in [0, 0.1) is 0 Å². The van der Waals surface area contributed by atoms with Gasteiger partial charge in [0.25, 0.3) is 0 Å². The summed E-state index contributed by atoms with van der Waals surface area (Å²) in [5, 5.41) is 0. The van der Waals surface area contributed by atoms with Crippen LogP contribution in [0.5, 0.6) is 0 Å². The lowest BCUT2D eigenvalue weighted by atomic mass is 10.2. The monoisotopic (exact) mass is 395 g/mol. The van der Waals surface area contributed by atoms with Crippen LogP contribution in [0.3, 0.4) is 0 Å². The van der Waals surface area contributed by atoms with E-state index in [0.29, 0.717) is 24.7 Å². The van der Waals surface area contributed by atoms with Crippen LogP contribution in [-0.2, 0) is 16.2 Å². The van der Waals surface area contributed by atoms with Crippen molar-refractivity contribution in [2.24, 2.45) is 0 Å². The molecule has 2 rings (SSSR count). The minimum atomic E-state index is -1.18. The van der Waals surface area contributed by atoms with Crippen molar-refractivity contribution in [3.05, 3.63) is 17.7 Å². The summed E-state index contributed by atoms with van der Waals surface area (Å²) >= 11 is 0. The van der Waals surface area contributed by atoms with Gasteiger partial charge in [-0.05, 0) is 39.7 Å². The molecule has 7 nitrogen and oxygen atoms in total. The molecule has 27 heavy (non-hydrogen) atoms. The van der Waals surface area contributed by atoms with Gasteiger partial charge >= 0.3 is 6.09 Å². The molecule has 8 heteroatoms. The third-order valence-electron chi connectivity index (χ3n) is 4.43. The highest BCUT2D eigenvalue weighted by Gasteiger charge is 2.36. The average Bonchev–Trinajstić information content (AvgIpc) is 3.15. The van der Waals surface area contributed by atoms with Crippen molar-refractivity contribution in [1.82, 2.24) is 14.5 Å². The molecule has 0 N–H and O–H groups in total. The molecule has 1 unspecified atom stereocenters. The Morgan fingerprint density at radius 2 is 2.07 bits per heavy atom. The van der Waals surface area contributed by atoms with Crippen molar-refractivity contribution in [2.45, 2.75) is 77.7 Å². The molecule has 0 aliphatic carbocycles. The number of carbonyl (C=O) groups is 2. The first kappa shape index (κ1) is 21.6. The van der Waals surface area contributed by atoms with Gasteiger partial charge < -0.3 is 9.47 Å². The summed E-state index contributed by atoms with van der Waals surface area (Å²) in [6.07, 6.45) is 3.67. The third kappa shape index (κ3) is 6.17. The first-order valence-electron chi connectivity index (χ1n) is 9.60. The van der Waals surface area contributed by atoms with Crippen LogP contribution in [-0.4, -0.2) is 53.7 Å².